The number of amides is 2. The van der Waals surface area contributed by atoms with Crippen LogP contribution in [-0.2, 0) is 14.9 Å². The summed E-state index contributed by atoms with van der Waals surface area (Å²) in [6.07, 6.45) is 0.174. The minimum atomic E-state index is -0.468. The Balaban J connectivity index is 1.88. The first kappa shape index (κ1) is 23.8. The molecular formula is C25H32N2O5. The minimum Gasteiger partial charge on any atom is -0.491 e. The van der Waals surface area contributed by atoms with Gasteiger partial charge in [-0.05, 0) is 38.5 Å². The van der Waals surface area contributed by atoms with E-state index in [-0.39, 0.29) is 18.1 Å². The van der Waals surface area contributed by atoms with Crippen molar-refractivity contribution in [2.24, 2.45) is 0 Å². The molecule has 1 aliphatic rings. The number of benzene rings is 2. The van der Waals surface area contributed by atoms with Crippen LogP contribution in [0.4, 0.5) is 0 Å². The number of hydrogen-bond donors (Lipinski definition) is 2. The smallest absolute Gasteiger partial charge is 0.254 e. The summed E-state index contributed by atoms with van der Waals surface area (Å²) in [5.74, 6) is -0.0204. The second-order valence-electron chi connectivity index (χ2n) is 7.85. The topological polar surface area (TPSA) is 85.9 Å². The van der Waals surface area contributed by atoms with Crippen molar-refractivity contribution in [3.05, 3.63) is 64.7 Å². The Morgan fingerprint density at radius 3 is 2.41 bits per heavy atom. The lowest BCUT2D eigenvalue weighted by Crippen LogP contribution is -2.30. The predicted molar refractivity (Wildman–Crippen MR) is 122 cm³/mol. The molecular weight excluding hydrogens is 408 g/mol. The fourth-order valence-corrected chi connectivity index (χ4v) is 3.96. The number of carbonyl (C=O) groups excluding carboxylic acids is 2. The molecule has 2 aromatic carbocycles. The van der Waals surface area contributed by atoms with Crippen LogP contribution in [0.25, 0.3) is 0 Å². The molecule has 1 aliphatic heterocycles. The van der Waals surface area contributed by atoms with E-state index >= 15 is 0 Å². The molecule has 0 bridgehead atoms. The molecule has 1 atom stereocenters. The highest BCUT2D eigenvalue weighted by Crippen LogP contribution is 2.45. The van der Waals surface area contributed by atoms with Crippen molar-refractivity contribution in [1.82, 2.24) is 10.6 Å². The maximum Gasteiger partial charge on any atom is 0.254 e. The Morgan fingerprint density at radius 2 is 1.78 bits per heavy atom. The number of fused-ring (bicyclic) bond motifs is 1. The molecule has 32 heavy (non-hydrogen) atoms. The summed E-state index contributed by atoms with van der Waals surface area (Å²) < 4.78 is 17.1. The van der Waals surface area contributed by atoms with Gasteiger partial charge in [0.15, 0.2) is 6.29 Å². The van der Waals surface area contributed by atoms with Crippen LogP contribution >= 0.6 is 0 Å². The summed E-state index contributed by atoms with van der Waals surface area (Å²) in [5.41, 5.74) is 2.20. The zero-order valence-corrected chi connectivity index (χ0v) is 19.2. The average molecular weight is 441 g/mol. The molecule has 1 heterocycles. The van der Waals surface area contributed by atoms with Crippen molar-refractivity contribution >= 4 is 11.8 Å². The second kappa shape index (κ2) is 10.6. The molecule has 2 amide bonds. The molecule has 2 N–H and O–H groups in total. The first-order valence-corrected chi connectivity index (χ1v) is 11.0. The molecule has 0 saturated carbocycles. The van der Waals surface area contributed by atoms with Gasteiger partial charge in [0, 0.05) is 44.4 Å². The van der Waals surface area contributed by atoms with Gasteiger partial charge in [-0.1, -0.05) is 30.3 Å². The standard InChI is InChI=1S/C25H32N2O5/c1-5-30-21(31-6-2)12-13-27-23(28)17-14-19(24(29)26-4)22-20(15-17)25(3,16-32-22)18-10-8-7-9-11-18/h7-11,14-15,21H,5-6,12-13,16H2,1-4H3,(H,26,29)(H,27,28). The number of rotatable bonds is 10. The van der Waals surface area contributed by atoms with E-state index in [0.29, 0.717) is 49.7 Å². The van der Waals surface area contributed by atoms with Gasteiger partial charge in [0.25, 0.3) is 11.8 Å². The highest BCUT2D eigenvalue weighted by Gasteiger charge is 2.40. The lowest BCUT2D eigenvalue weighted by Gasteiger charge is -2.24. The third-order valence-corrected chi connectivity index (χ3v) is 5.70. The molecule has 0 aliphatic carbocycles. The Labute approximate surface area is 189 Å². The largest absolute Gasteiger partial charge is 0.491 e. The van der Waals surface area contributed by atoms with Gasteiger partial charge >= 0.3 is 0 Å². The molecule has 0 aromatic heterocycles. The van der Waals surface area contributed by atoms with Gasteiger partial charge < -0.3 is 24.8 Å². The fourth-order valence-electron chi connectivity index (χ4n) is 3.96. The maximum absolute atomic E-state index is 13.0. The van der Waals surface area contributed by atoms with Crippen molar-refractivity contribution in [2.75, 3.05) is 33.4 Å². The van der Waals surface area contributed by atoms with Crippen molar-refractivity contribution in [3.63, 3.8) is 0 Å². The maximum atomic E-state index is 13.0. The number of hydrogen-bond acceptors (Lipinski definition) is 5. The summed E-state index contributed by atoms with van der Waals surface area (Å²) in [6.45, 7) is 7.74. The van der Waals surface area contributed by atoms with Crippen molar-refractivity contribution in [1.29, 1.82) is 0 Å². The third-order valence-electron chi connectivity index (χ3n) is 5.70. The van der Waals surface area contributed by atoms with Gasteiger partial charge in [-0.2, -0.15) is 0 Å². The molecule has 0 spiro atoms. The highest BCUT2D eigenvalue weighted by atomic mass is 16.7. The zero-order valence-electron chi connectivity index (χ0n) is 19.2. The molecule has 1 unspecified atom stereocenters. The van der Waals surface area contributed by atoms with Gasteiger partial charge in [-0.3, -0.25) is 9.59 Å². The van der Waals surface area contributed by atoms with E-state index in [1.54, 1.807) is 13.1 Å². The first-order valence-electron chi connectivity index (χ1n) is 11.0. The first-order chi connectivity index (χ1) is 15.4. The Hall–Kier alpha value is -2.90. The van der Waals surface area contributed by atoms with E-state index in [1.807, 2.05) is 50.2 Å². The Morgan fingerprint density at radius 1 is 1.09 bits per heavy atom. The van der Waals surface area contributed by atoms with E-state index in [1.165, 1.54) is 0 Å². The summed E-state index contributed by atoms with van der Waals surface area (Å²) >= 11 is 0. The van der Waals surface area contributed by atoms with Crippen molar-refractivity contribution < 1.29 is 23.8 Å². The molecule has 7 heteroatoms. The van der Waals surface area contributed by atoms with Crippen LogP contribution < -0.4 is 15.4 Å². The molecule has 0 saturated heterocycles. The van der Waals surface area contributed by atoms with Crippen molar-refractivity contribution in [2.45, 2.75) is 38.9 Å². The third kappa shape index (κ3) is 4.95. The van der Waals surface area contributed by atoms with Gasteiger partial charge in [0.2, 0.25) is 0 Å². The molecule has 0 radical (unpaired) electrons. The summed E-state index contributed by atoms with van der Waals surface area (Å²) in [6, 6.07) is 13.4. The number of ether oxygens (including phenoxy) is 3. The van der Waals surface area contributed by atoms with Crippen LogP contribution in [0.3, 0.4) is 0 Å². The van der Waals surface area contributed by atoms with E-state index < -0.39 is 5.41 Å². The average Bonchev–Trinajstić information content (AvgIpc) is 3.16. The van der Waals surface area contributed by atoms with Crippen LogP contribution in [0.2, 0.25) is 0 Å². The Bertz CT molecular complexity index is 941. The van der Waals surface area contributed by atoms with Gasteiger partial charge in [-0.25, -0.2) is 0 Å². The minimum absolute atomic E-state index is 0.257. The highest BCUT2D eigenvalue weighted by molar-refractivity contribution is 6.02. The molecule has 2 aromatic rings. The van der Waals surface area contributed by atoms with Crippen LogP contribution in [-0.4, -0.2) is 51.5 Å². The molecule has 3 rings (SSSR count). The van der Waals surface area contributed by atoms with Gasteiger partial charge in [-0.15, -0.1) is 0 Å². The monoisotopic (exact) mass is 440 g/mol. The lowest BCUT2D eigenvalue weighted by molar-refractivity contribution is -0.138. The van der Waals surface area contributed by atoms with E-state index in [0.717, 1.165) is 11.1 Å². The summed E-state index contributed by atoms with van der Waals surface area (Å²) in [5, 5.41) is 5.56. The van der Waals surface area contributed by atoms with Crippen LogP contribution in [0, 0.1) is 0 Å². The predicted octanol–water partition coefficient (Wildman–Crippen LogP) is 3.26. The number of carbonyl (C=O) groups is 2. The lowest BCUT2D eigenvalue weighted by atomic mass is 9.77. The SMILES string of the molecule is CCOC(CCNC(=O)c1cc(C(=O)NC)c2c(c1)C(C)(c1ccccc1)CO2)OCC. The normalized spacial score (nSPS) is 17.0. The van der Waals surface area contributed by atoms with E-state index in [2.05, 4.69) is 17.6 Å². The number of nitrogens with one attached hydrogen (secondary N) is 2. The summed E-state index contributed by atoms with van der Waals surface area (Å²) in [7, 11) is 1.56. The van der Waals surface area contributed by atoms with Crippen LogP contribution in [0.1, 0.15) is 59.0 Å². The quantitative estimate of drug-likeness (QED) is 0.554. The molecule has 7 nitrogen and oxygen atoms in total. The summed E-state index contributed by atoms with van der Waals surface area (Å²) in [4.78, 5) is 25.6. The van der Waals surface area contributed by atoms with Gasteiger partial charge in [0.05, 0.1) is 11.0 Å². The fraction of sp³-hybridized carbons (Fsp3) is 0.440. The van der Waals surface area contributed by atoms with E-state index in [9.17, 15) is 9.59 Å². The second-order valence-corrected chi connectivity index (χ2v) is 7.85. The van der Waals surface area contributed by atoms with E-state index in [4.69, 9.17) is 14.2 Å². The Kier molecular flexibility index (Phi) is 7.88. The van der Waals surface area contributed by atoms with Crippen molar-refractivity contribution in [3.8, 4) is 5.75 Å². The van der Waals surface area contributed by atoms with Crippen LogP contribution in [0.15, 0.2) is 42.5 Å². The zero-order chi connectivity index (χ0) is 23.1. The molecule has 172 valence electrons. The van der Waals surface area contributed by atoms with Gasteiger partial charge in [0.1, 0.15) is 12.4 Å². The molecule has 0 fully saturated rings. The van der Waals surface area contributed by atoms with Crippen LogP contribution in [0.5, 0.6) is 5.75 Å².